The van der Waals surface area contributed by atoms with Crippen LogP contribution in [0.4, 0.5) is 0 Å². The molecule has 0 saturated carbocycles. The van der Waals surface area contributed by atoms with Crippen molar-refractivity contribution in [3.05, 3.63) is 35.9 Å². The largest absolute Gasteiger partial charge is 0.388 e. The third-order valence-corrected chi connectivity index (χ3v) is 6.05. The summed E-state index contributed by atoms with van der Waals surface area (Å²) >= 11 is 0. The summed E-state index contributed by atoms with van der Waals surface area (Å²) in [6.45, 7) is 1.75. The minimum Gasteiger partial charge on any atom is -0.388 e. The molecule has 10 heteroatoms. The molecule has 1 fully saturated rings. The van der Waals surface area contributed by atoms with Gasteiger partial charge in [0, 0.05) is 13.0 Å². The van der Waals surface area contributed by atoms with E-state index in [2.05, 4.69) is 10.6 Å². The van der Waals surface area contributed by atoms with Gasteiger partial charge >= 0.3 is 0 Å². The minimum absolute atomic E-state index is 0.0572. The molecule has 1 saturated heterocycles. The molecular formula is C25H38N6O4. The average molecular weight is 487 g/mol. The second-order valence-corrected chi connectivity index (χ2v) is 9.11. The Morgan fingerprint density at radius 1 is 1.03 bits per heavy atom. The van der Waals surface area contributed by atoms with Crippen LogP contribution in [0.1, 0.15) is 57.4 Å². The molecule has 0 spiro atoms. The van der Waals surface area contributed by atoms with Gasteiger partial charge in [-0.15, -0.1) is 0 Å². The first kappa shape index (κ1) is 27.8. The van der Waals surface area contributed by atoms with Crippen LogP contribution in [0.3, 0.4) is 0 Å². The van der Waals surface area contributed by atoms with Crippen LogP contribution in [0.2, 0.25) is 0 Å². The number of hydrogen-bond acceptors (Lipinski definition) is 5. The zero-order chi connectivity index (χ0) is 25.8. The fourth-order valence-electron chi connectivity index (χ4n) is 4.25. The SMILES string of the molecule is CCCCC1C(=O)NC(Cc2ccccc2)CN(CC(N)=O)C(=O)C(CCCCC(=N)N)NC1=O. The first-order valence-corrected chi connectivity index (χ1v) is 12.3. The number of nitrogens with one attached hydrogen (secondary N) is 3. The van der Waals surface area contributed by atoms with Crippen molar-refractivity contribution < 1.29 is 19.2 Å². The fraction of sp³-hybridized carbons (Fsp3) is 0.560. The van der Waals surface area contributed by atoms with Crippen molar-refractivity contribution in [1.29, 1.82) is 5.41 Å². The number of hydrogen-bond donors (Lipinski definition) is 5. The van der Waals surface area contributed by atoms with Gasteiger partial charge in [-0.2, -0.15) is 0 Å². The molecule has 10 nitrogen and oxygen atoms in total. The average Bonchev–Trinajstić information content (AvgIpc) is 2.80. The Balaban J connectivity index is 2.35. The summed E-state index contributed by atoms with van der Waals surface area (Å²) in [6.07, 6.45) is 4.15. The van der Waals surface area contributed by atoms with Crippen molar-refractivity contribution >= 4 is 29.5 Å². The topological polar surface area (TPSA) is 171 Å². The molecule has 35 heavy (non-hydrogen) atoms. The maximum Gasteiger partial charge on any atom is 0.245 e. The van der Waals surface area contributed by atoms with Crippen LogP contribution in [-0.2, 0) is 25.6 Å². The van der Waals surface area contributed by atoms with Crippen LogP contribution in [0.25, 0.3) is 0 Å². The van der Waals surface area contributed by atoms with Gasteiger partial charge in [-0.1, -0.05) is 56.5 Å². The summed E-state index contributed by atoms with van der Waals surface area (Å²) in [6, 6.07) is 8.11. The predicted octanol–water partition coefficient (Wildman–Crippen LogP) is 0.829. The van der Waals surface area contributed by atoms with Gasteiger partial charge in [0.1, 0.15) is 12.0 Å². The minimum atomic E-state index is -0.913. The standard InChI is InChI=1S/C25H38N6O4/c1-2-3-11-19-23(33)29-18(14-17-9-5-4-6-10-17)15-31(16-22(28)32)25(35)20(30-24(19)34)12-7-8-13-21(26)27/h4-6,9-10,18-20H,2-3,7-8,11-16H2,1H3,(H3,26,27)(H2,28,32)(H,29,33)(H,30,34). The van der Waals surface area contributed by atoms with E-state index in [1.165, 1.54) is 4.90 Å². The van der Waals surface area contributed by atoms with Crippen LogP contribution < -0.4 is 22.1 Å². The van der Waals surface area contributed by atoms with Crippen LogP contribution in [0.5, 0.6) is 0 Å². The van der Waals surface area contributed by atoms with Crippen molar-refractivity contribution in [2.45, 2.75) is 70.4 Å². The van der Waals surface area contributed by atoms with E-state index in [-0.39, 0.29) is 24.8 Å². The summed E-state index contributed by atoms with van der Waals surface area (Å²) < 4.78 is 0. The van der Waals surface area contributed by atoms with Crippen molar-refractivity contribution in [2.75, 3.05) is 13.1 Å². The molecule has 3 unspecified atom stereocenters. The molecule has 0 aromatic heterocycles. The van der Waals surface area contributed by atoms with E-state index >= 15 is 0 Å². The highest BCUT2D eigenvalue weighted by Crippen LogP contribution is 2.16. The van der Waals surface area contributed by atoms with Crippen molar-refractivity contribution in [3.8, 4) is 0 Å². The molecule has 7 N–H and O–H groups in total. The van der Waals surface area contributed by atoms with E-state index in [0.717, 1.165) is 12.0 Å². The number of rotatable bonds is 12. The highest BCUT2D eigenvalue weighted by Gasteiger charge is 2.35. The van der Waals surface area contributed by atoms with Gasteiger partial charge in [-0.3, -0.25) is 24.6 Å². The van der Waals surface area contributed by atoms with Gasteiger partial charge in [0.15, 0.2) is 0 Å². The number of unbranched alkanes of at least 4 members (excludes halogenated alkanes) is 2. The maximum absolute atomic E-state index is 13.5. The van der Waals surface area contributed by atoms with E-state index in [9.17, 15) is 19.2 Å². The molecule has 0 bridgehead atoms. The number of nitrogens with zero attached hydrogens (tertiary/aromatic N) is 1. The van der Waals surface area contributed by atoms with E-state index in [4.69, 9.17) is 16.9 Å². The third kappa shape index (κ3) is 9.38. The first-order valence-electron chi connectivity index (χ1n) is 12.3. The highest BCUT2D eigenvalue weighted by molar-refractivity contribution is 6.02. The molecule has 0 radical (unpaired) electrons. The van der Waals surface area contributed by atoms with Gasteiger partial charge < -0.3 is 27.0 Å². The number of benzene rings is 1. The maximum atomic E-state index is 13.5. The number of carbonyl (C=O) groups is 4. The fourth-order valence-corrected chi connectivity index (χ4v) is 4.25. The molecule has 1 heterocycles. The summed E-state index contributed by atoms with van der Waals surface area (Å²) in [7, 11) is 0. The Labute approximate surface area is 206 Å². The lowest BCUT2D eigenvalue weighted by molar-refractivity contribution is -0.144. The zero-order valence-electron chi connectivity index (χ0n) is 20.4. The zero-order valence-corrected chi connectivity index (χ0v) is 20.4. The van der Waals surface area contributed by atoms with E-state index in [1.54, 1.807) is 0 Å². The van der Waals surface area contributed by atoms with Crippen molar-refractivity contribution in [1.82, 2.24) is 15.5 Å². The Kier molecular flexibility index (Phi) is 11.2. The van der Waals surface area contributed by atoms with Gasteiger partial charge in [-0.05, 0) is 31.2 Å². The first-order chi connectivity index (χ1) is 16.7. The quantitative estimate of drug-likeness (QED) is 0.127. The van der Waals surface area contributed by atoms with E-state index in [1.807, 2.05) is 37.3 Å². The molecular weight excluding hydrogens is 448 g/mol. The number of primary amides is 1. The second kappa shape index (κ2) is 14.1. The summed E-state index contributed by atoms with van der Waals surface area (Å²) in [5, 5.41) is 13.1. The van der Waals surface area contributed by atoms with Crippen LogP contribution in [0.15, 0.2) is 30.3 Å². The molecule has 192 valence electrons. The monoisotopic (exact) mass is 486 g/mol. The normalized spacial score (nSPS) is 21.2. The second-order valence-electron chi connectivity index (χ2n) is 9.11. The Hall–Kier alpha value is -3.43. The predicted molar refractivity (Wildman–Crippen MR) is 133 cm³/mol. The number of amides is 4. The smallest absolute Gasteiger partial charge is 0.245 e. The highest BCUT2D eigenvalue weighted by atomic mass is 16.2. The van der Waals surface area contributed by atoms with Gasteiger partial charge in [0.2, 0.25) is 23.6 Å². The Bertz CT molecular complexity index is 891. The van der Waals surface area contributed by atoms with Crippen LogP contribution >= 0.6 is 0 Å². The molecule has 1 aliphatic heterocycles. The van der Waals surface area contributed by atoms with Gasteiger partial charge in [0.25, 0.3) is 0 Å². The van der Waals surface area contributed by atoms with Gasteiger partial charge in [0.05, 0.1) is 18.4 Å². The lowest BCUT2D eigenvalue weighted by atomic mass is 9.96. The molecule has 3 atom stereocenters. The molecule has 0 aliphatic carbocycles. The van der Waals surface area contributed by atoms with Crippen LogP contribution in [0, 0.1) is 11.3 Å². The lowest BCUT2D eigenvalue weighted by Gasteiger charge is -2.34. The summed E-state index contributed by atoms with van der Waals surface area (Å²) in [4.78, 5) is 52.9. The van der Waals surface area contributed by atoms with Gasteiger partial charge in [-0.25, -0.2) is 0 Å². The van der Waals surface area contributed by atoms with E-state index in [0.29, 0.717) is 44.9 Å². The number of nitrogens with two attached hydrogens (primary N) is 2. The lowest BCUT2D eigenvalue weighted by Crippen LogP contribution is -2.59. The van der Waals surface area contributed by atoms with E-state index < -0.39 is 35.7 Å². The third-order valence-electron chi connectivity index (χ3n) is 6.05. The number of carbonyl (C=O) groups excluding carboxylic acids is 4. The summed E-state index contributed by atoms with van der Waals surface area (Å²) in [5.74, 6) is -2.84. The molecule has 1 aliphatic rings. The molecule has 2 rings (SSSR count). The molecule has 1 aromatic carbocycles. The van der Waals surface area contributed by atoms with Crippen molar-refractivity contribution in [2.24, 2.45) is 17.4 Å². The molecule has 1 aromatic rings. The Morgan fingerprint density at radius 2 is 1.71 bits per heavy atom. The van der Waals surface area contributed by atoms with Crippen LogP contribution in [-0.4, -0.2) is 59.5 Å². The molecule has 4 amide bonds. The Morgan fingerprint density at radius 3 is 2.34 bits per heavy atom. The van der Waals surface area contributed by atoms with Crippen molar-refractivity contribution in [3.63, 3.8) is 0 Å². The number of amidine groups is 1. The summed E-state index contributed by atoms with van der Waals surface area (Å²) in [5.41, 5.74) is 11.8.